The Bertz CT molecular complexity index is 1280. The Hall–Kier alpha value is -2.90. The molecule has 3 aromatic rings. The van der Waals surface area contributed by atoms with Gasteiger partial charge in [0, 0.05) is 11.2 Å². The molecule has 204 valence electrons. The third-order valence-corrected chi connectivity index (χ3v) is 14.2. The maximum atomic E-state index is 15.2. The van der Waals surface area contributed by atoms with Crippen LogP contribution in [0.2, 0.25) is 0 Å². The van der Waals surface area contributed by atoms with Crippen molar-refractivity contribution < 1.29 is 9.59 Å². The van der Waals surface area contributed by atoms with Gasteiger partial charge in [-0.3, -0.25) is 14.5 Å². The van der Waals surface area contributed by atoms with E-state index in [2.05, 4.69) is 100 Å². The molecule has 2 bridgehead atoms. The first-order valence-corrected chi connectivity index (χ1v) is 16.4. The van der Waals surface area contributed by atoms with Gasteiger partial charge in [-0.1, -0.05) is 131 Å². The van der Waals surface area contributed by atoms with Crippen molar-refractivity contribution in [3.05, 3.63) is 91.0 Å². The molecule has 0 unspecified atom stereocenters. The molecule has 1 saturated heterocycles. The highest BCUT2D eigenvalue weighted by Crippen LogP contribution is 2.60. The van der Waals surface area contributed by atoms with Crippen LogP contribution in [0.3, 0.4) is 0 Å². The summed E-state index contributed by atoms with van der Waals surface area (Å²) in [6, 6.07) is 31.8. The highest BCUT2D eigenvalue weighted by molar-refractivity contribution is 7.96. The van der Waals surface area contributed by atoms with Crippen molar-refractivity contribution in [1.82, 2.24) is 4.90 Å². The third kappa shape index (κ3) is 4.34. The number of hydrogen-bond acceptors (Lipinski definition) is 2. The van der Waals surface area contributed by atoms with Crippen molar-refractivity contribution in [1.29, 1.82) is 0 Å². The van der Waals surface area contributed by atoms with Crippen LogP contribution in [-0.2, 0) is 9.59 Å². The van der Waals surface area contributed by atoms with Gasteiger partial charge in [0.15, 0.2) is 0 Å². The molecule has 4 heteroatoms. The van der Waals surface area contributed by atoms with Crippen LogP contribution in [0.25, 0.3) is 0 Å². The van der Waals surface area contributed by atoms with Gasteiger partial charge in [0.05, 0.1) is 5.54 Å². The molecular weight excluding hydrogens is 497 g/mol. The Morgan fingerprint density at radius 2 is 1.28 bits per heavy atom. The van der Waals surface area contributed by atoms with E-state index in [1.165, 1.54) is 15.9 Å². The lowest BCUT2D eigenvalue weighted by Gasteiger charge is -2.42. The smallest absolute Gasteiger partial charge is 0.257 e. The standard InChI is InChI=1S/C35H42NO2P/c1-5-6-7-17-24-31(33(38)36-32(37)30-25-26-35(36,4)34(30,2)3)39(27-18-11-8-12-19-27,28-20-13-9-14-21-28)29-22-15-10-16-23-29/h8-16,18-23,30H,5-7,17,24-26H2,1-4H3/t30-,35-/m1/s1. The van der Waals surface area contributed by atoms with Crippen LogP contribution in [-0.4, -0.2) is 27.5 Å². The second-order valence-electron chi connectivity index (χ2n) is 12.0. The summed E-state index contributed by atoms with van der Waals surface area (Å²) < 4.78 is 0. The number of nitrogens with zero attached hydrogens (tertiary/aromatic N) is 1. The van der Waals surface area contributed by atoms with Gasteiger partial charge in [0.1, 0.15) is 0 Å². The number of piperidine rings is 1. The summed E-state index contributed by atoms with van der Waals surface area (Å²) >= 11 is 0. The largest absolute Gasteiger partial charge is 0.274 e. The normalized spacial score (nSPS) is 21.8. The first-order chi connectivity index (χ1) is 18.8. The maximum Gasteiger partial charge on any atom is 0.257 e. The minimum absolute atomic E-state index is 0.0251. The van der Waals surface area contributed by atoms with Crippen LogP contribution < -0.4 is 15.9 Å². The molecule has 0 spiro atoms. The summed E-state index contributed by atoms with van der Waals surface area (Å²) in [5, 5.41) is 4.42. The molecule has 0 radical (unpaired) electrons. The van der Waals surface area contributed by atoms with Crippen molar-refractivity contribution in [3.63, 3.8) is 0 Å². The molecule has 39 heavy (non-hydrogen) atoms. The summed E-state index contributed by atoms with van der Waals surface area (Å²) in [5.74, 6) is -0.109. The molecule has 1 aliphatic heterocycles. The van der Waals surface area contributed by atoms with Crippen molar-refractivity contribution in [2.24, 2.45) is 11.3 Å². The summed E-state index contributed by atoms with van der Waals surface area (Å²) in [7, 11) is 0. The summed E-state index contributed by atoms with van der Waals surface area (Å²) in [4.78, 5) is 30.8. The van der Waals surface area contributed by atoms with Gasteiger partial charge in [-0.25, -0.2) is 0 Å². The summed E-state index contributed by atoms with van der Waals surface area (Å²) in [6.07, 6.45) is 6.73. The number of benzene rings is 3. The number of carbonyl (C=O) groups excluding carboxylic acids is 2. The fourth-order valence-corrected chi connectivity index (χ4v) is 11.7. The lowest BCUT2D eigenvalue weighted by atomic mass is 9.75. The molecule has 3 nitrogen and oxygen atoms in total. The van der Waals surface area contributed by atoms with E-state index in [1.54, 1.807) is 4.90 Å². The quantitative estimate of drug-likeness (QED) is 0.225. The fraction of sp³-hybridized carbons (Fsp3) is 0.400. The average Bonchev–Trinajstić information content (AvgIpc) is 3.28. The number of carbonyl (C=O) groups is 2. The van der Waals surface area contributed by atoms with Crippen LogP contribution in [0.5, 0.6) is 0 Å². The van der Waals surface area contributed by atoms with Gasteiger partial charge in [-0.05, 0) is 60.8 Å². The zero-order valence-electron chi connectivity index (χ0n) is 23.9. The Labute approximate surface area is 234 Å². The molecule has 2 amide bonds. The predicted molar refractivity (Wildman–Crippen MR) is 166 cm³/mol. The highest BCUT2D eigenvalue weighted by Gasteiger charge is 2.67. The van der Waals surface area contributed by atoms with Crippen LogP contribution >= 0.6 is 6.89 Å². The molecule has 1 aliphatic carbocycles. The Morgan fingerprint density at radius 3 is 1.69 bits per heavy atom. The SMILES string of the molecule is CCCCCCC(C(=O)N1C(=O)[C@H]2CC[C@]1(C)C2(C)C)=P(c1ccccc1)(c1ccccc1)c1ccccc1. The fourth-order valence-electron chi connectivity index (χ4n) is 7.18. The zero-order valence-corrected chi connectivity index (χ0v) is 24.8. The van der Waals surface area contributed by atoms with Gasteiger partial charge < -0.3 is 0 Å². The minimum atomic E-state index is -2.57. The second-order valence-corrected chi connectivity index (χ2v) is 15.4. The Morgan fingerprint density at radius 1 is 0.795 bits per heavy atom. The number of unbranched alkanes of at least 4 members (excludes halogenated alkanes) is 3. The number of hydrogen-bond donors (Lipinski definition) is 0. The van der Waals surface area contributed by atoms with Crippen LogP contribution in [0.1, 0.15) is 72.6 Å². The van der Waals surface area contributed by atoms with E-state index in [4.69, 9.17) is 0 Å². The molecular formula is C35H42NO2P. The van der Waals surface area contributed by atoms with Crippen LogP contribution in [0, 0.1) is 11.3 Å². The maximum absolute atomic E-state index is 15.2. The molecule has 1 saturated carbocycles. The van der Waals surface area contributed by atoms with Crippen molar-refractivity contribution in [3.8, 4) is 0 Å². The Balaban J connectivity index is 1.86. The Kier molecular flexibility index (Phi) is 7.75. The van der Waals surface area contributed by atoms with Crippen molar-refractivity contribution in [2.45, 2.75) is 78.2 Å². The zero-order chi connectivity index (χ0) is 27.7. The van der Waals surface area contributed by atoms with E-state index in [9.17, 15) is 4.79 Å². The van der Waals surface area contributed by atoms with Crippen LogP contribution in [0.15, 0.2) is 91.0 Å². The lowest BCUT2D eigenvalue weighted by molar-refractivity contribution is -0.146. The minimum Gasteiger partial charge on any atom is -0.274 e. The summed E-state index contributed by atoms with van der Waals surface area (Å²) in [5.41, 5.74) is -0.708. The number of imide groups is 1. The molecule has 2 atom stereocenters. The van der Waals surface area contributed by atoms with Crippen molar-refractivity contribution in [2.75, 3.05) is 0 Å². The van der Waals surface area contributed by atoms with E-state index < -0.39 is 12.4 Å². The van der Waals surface area contributed by atoms with Crippen LogP contribution in [0.4, 0.5) is 0 Å². The highest BCUT2D eigenvalue weighted by atomic mass is 31.2. The summed E-state index contributed by atoms with van der Waals surface area (Å²) in [6.45, 7) is 6.17. The van der Waals surface area contributed by atoms with Gasteiger partial charge in [-0.2, -0.15) is 0 Å². The lowest BCUT2D eigenvalue weighted by Crippen LogP contribution is -2.55. The first kappa shape index (κ1) is 27.7. The molecule has 1 heterocycles. The second kappa shape index (κ2) is 10.9. The molecule has 0 N–H and O–H groups in total. The topological polar surface area (TPSA) is 37.4 Å². The van der Waals surface area contributed by atoms with E-state index in [1.807, 2.05) is 18.2 Å². The van der Waals surface area contributed by atoms with E-state index in [-0.39, 0.29) is 23.1 Å². The van der Waals surface area contributed by atoms with E-state index in [0.717, 1.165) is 43.8 Å². The van der Waals surface area contributed by atoms with E-state index >= 15 is 4.79 Å². The number of likely N-dealkylation sites (tertiary alicyclic amines) is 1. The van der Waals surface area contributed by atoms with Gasteiger partial charge in [-0.15, -0.1) is 0 Å². The number of rotatable bonds is 9. The predicted octanol–water partition coefficient (Wildman–Crippen LogP) is 6.69. The van der Waals surface area contributed by atoms with Crippen molar-refractivity contribution >= 4 is 39.9 Å². The molecule has 2 fully saturated rings. The first-order valence-electron chi connectivity index (χ1n) is 14.6. The molecule has 2 aliphatic rings. The van der Waals surface area contributed by atoms with Gasteiger partial charge in [0.25, 0.3) is 5.91 Å². The molecule has 5 rings (SSSR count). The monoisotopic (exact) mass is 539 g/mol. The van der Waals surface area contributed by atoms with Gasteiger partial charge in [0.2, 0.25) is 5.91 Å². The third-order valence-electron chi connectivity index (χ3n) is 9.74. The number of amides is 2. The van der Waals surface area contributed by atoms with E-state index in [0.29, 0.717) is 6.42 Å². The molecule has 0 aromatic heterocycles. The van der Waals surface area contributed by atoms with Gasteiger partial charge >= 0.3 is 0 Å². The molecule has 3 aromatic carbocycles. The average molecular weight is 540 g/mol. The number of fused-ring (bicyclic) bond motifs is 2.